The van der Waals surface area contributed by atoms with E-state index in [9.17, 15) is 0 Å². The SMILES string of the molecule is CNC1CCCCC(c2c(C)cc(C)cc2OC)C1. The molecule has 0 aromatic heterocycles. The standard InChI is InChI=1S/C17H27NO/c1-12-9-13(2)17(16(10-12)19-4)14-7-5-6-8-15(11-14)18-3/h9-10,14-15,18H,5-8,11H2,1-4H3. The van der Waals surface area contributed by atoms with E-state index in [1.54, 1.807) is 7.11 Å². The van der Waals surface area contributed by atoms with Gasteiger partial charge in [0.05, 0.1) is 7.11 Å². The van der Waals surface area contributed by atoms with Crippen molar-refractivity contribution in [3.8, 4) is 5.75 Å². The topological polar surface area (TPSA) is 21.3 Å². The third-order valence-corrected chi connectivity index (χ3v) is 4.45. The number of methoxy groups -OCH3 is 1. The van der Waals surface area contributed by atoms with E-state index in [0.717, 1.165) is 5.75 Å². The molecule has 0 heterocycles. The first-order valence-corrected chi connectivity index (χ1v) is 7.48. The van der Waals surface area contributed by atoms with E-state index in [-0.39, 0.29) is 0 Å². The number of hydrogen-bond acceptors (Lipinski definition) is 2. The average molecular weight is 261 g/mol. The van der Waals surface area contributed by atoms with Gasteiger partial charge in [0.1, 0.15) is 5.75 Å². The summed E-state index contributed by atoms with van der Waals surface area (Å²) in [7, 11) is 3.89. The summed E-state index contributed by atoms with van der Waals surface area (Å²) in [5.74, 6) is 1.72. The monoisotopic (exact) mass is 261 g/mol. The maximum atomic E-state index is 5.65. The molecule has 2 rings (SSSR count). The summed E-state index contributed by atoms with van der Waals surface area (Å²) in [5, 5.41) is 3.47. The largest absolute Gasteiger partial charge is 0.496 e. The van der Waals surface area contributed by atoms with Crippen molar-refractivity contribution in [2.24, 2.45) is 0 Å². The maximum Gasteiger partial charge on any atom is 0.122 e. The molecule has 2 heteroatoms. The van der Waals surface area contributed by atoms with Gasteiger partial charge in [0.25, 0.3) is 0 Å². The number of ether oxygens (including phenoxy) is 1. The predicted molar refractivity (Wildman–Crippen MR) is 81.1 cm³/mol. The zero-order chi connectivity index (χ0) is 13.8. The molecule has 0 amide bonds. The second-order valence-corrected chi connectivity index (χ2v) is 5.90. The first-order chi connectivity index (χ1) is 9.15. The van der Waals surface area contributed by atoms with Gasteiger partial charge in [-0.25, -0.2) is 0 Å². The fourth-order valence-corrected chi connectivity index (χ4v) is 3.52. The zero-order valence-corrected chi connectivity index (χ0v) is 12.8. The van der Waals surface area contributed by atoms with Gasteiger partial charge in [0.15, 0.2) is 0 Å². The van der Waals surface area contributed by atoms with Crippen LogP contribution in [-0.4, -0.2) is 20.2 Å². The Labute approximate surface area is 117 Å². The van der Waals surface area contributed by atoms with Gasteiger partial charge < -0.3 is 10.1 Å². The van der Waals surface area contributed by atoms with E-state index >= 15 is 0 Å². The Bertz CT molecular complexity index is 428. The van der Waals surface area contributed by atoms with Crippen LogP contribution in [0.25, 0.3) is 0 Å². The number of aryl methyl sites for hydroxylation is 2. The maximum absolute atomic E-state index is 5.65. The van der Waals surface area contributed by atoms with Crippen molar-refractivity contribution in [3.05, 3.63) is 28.8 Å². The molecule has 1 N–H and O–H groups in total. The Kier molecular flexibility index (Phi) is 4.87. The summed E-state index contributed by atoms with van der Waals surface area (Å²) in [6.45, 7) is 4.37. The van der Waals surface area contributed by atoms with Crippen molar-refractivity contribution >= 4 is 0 Å². The van der Waals surface area contributed by atoms with Gasteiger partial charge in [-0.2, -0.15) is 0 Å². The Hall–Kier alpha value is -1.02. The highest BCUT2D eigenvalue weighted by atomic mass is 16.5. The molecule has 1 aliphatic rings. The van der Waals surface area contributed by atoms with Crippen molar-refractivity contribution in [2.75, 3.05) is 14.2 Å². The lowest BCUT2D eigenvalue weighted by atomic mass is 9.86. The normalized spacial score (nSPS) is 24.0. The smallest absolute Gasteiger partial charge is 0.122 e. The molecule has 1 saturated carbocycles. The van der Waals surface area contributed by atoms with Gasteiger partial charge in [-0.3, -0.25) is 0 Å². The molecule has 19 heavy (non-hydrogen) atoms. The van der Waals surface area contributed by atoms with Crippen LogP contribution in [0.4, 0.5) is 0 Å². The summed E-state index contributed by atoms with van der Waals surface area (Å²) in [6.07, 6.45) is 6.50. The van der Waals surface area contributed by atoms with Gasteiger partial charge >= 0.3 is 0 Å². The van der Waals surface area contributed by atoms with E-state index in [1.807, 2.05) is 0 Å². The third-order valence-electron chi connectivity index (χ3n) is 4.45. The molecule has 0 radical (unpaired) electrons. The molecular weight excluding hydrogens is 234 g/mol. The second-order valence-electron chi connectivity index (χ2n) is 5.90. The highest BCUT2D eigenvalue weighted by Gasteiger charge is 2.24. The molecule has 106 valence electrons. The Morgan fingerprint density at radius 3 is 2.58 bits per heavy atom. The summed E-state index contributed by atoms with van der Waals surface area (Å²) in [5.41, 5.74) is 4.12. The summed E-state index contributed by atoms with van der Waals surface area (Å²) in [6, 6.07) is 5.12. The molecule has 0 aliphatic heterocycles. The fraction of sp³-hybridized carbons (Fsp3) is 0.647. The fourth-order valence-electron chi connectivity index (χ4n) is 3.52. The molecule has 1 aromatic rings. The molecule has 1 aromatic carbocycles. The third kappa shape index (κ3) is 3.30. The highest BCUT2D eigenvalue weighted by Crippen LogP contribution is 2.39. The Morgan fingerprint density at radius 1 is 1.16 bits per heavy atom. The van der Waals surface area contributed by atoms with E-state index < -0.39 is 0 Å². The number of rotatable bonds is 3. The Balaban J connectivity index is 2.33. The second kappa shape index (κ2) is 6.42. The summed E-state index contributed by atoms with van der Waals surface area (Å²) in [4.78, 5) is 0. The van der Waals surface area contributed by atoms with Crippen LogP contribution in [0.15, 0.2) is 12.1 Å². The lowest BCUT2D eigenvalue weighted by Gasteiger charge is -2.24. The average Bonchev–Trinajstić information content (AvgIpc) is 2.63. The van der Waals surface area contributed by atoms with Crippen LogP contribution in [0.5, 0.6) is 5.75 Å². The molecule has 2 unspecified atom stereocenters. The number of nitrogens with one attached hydrogen (secondary N) is 1. The highest BCUT2D eigenvalue weighted by molar-refractivity contribution is 5.45. The lowest BCUT2D eigenvalue weighted by molar-refractivity contribution is 0.396. The van der Waals surface area contributed by atoms with Gasteiger partial charge in [-0.1, -0.05) is 18.9 Å². The first-order valence-electron chi connectivity index (χ1n) is 7.48. The van der Waals surface area contributed by atoms with Gasteiger partial charge in [0, 0.05) is 11.6 Å². The number of hydrogen-bond donors (Lipinski definition) is 1. The molecule has 1 fully saturated rings. The Morgan fingerprint density at radius 2 is 1.89 bits per heavy atom. The van der Waals surface area contributed by atoms with Gasteiger partial charge in [0.2, 0.25) is 0 Å². The minimum Gasteiger partial charge on any atom is -0.496 e. The first kappa shape index (κ1) is 14.4. The van der Waals surface area contributed by atoms with Crippen molar-refractivity contribution < 1.29 is 4.74 Å². The van der Waals surface area contributed by atoms with Crippen LogP contribution in [0.1, 0.15) is 54.7 Å². The predicted octanol–water partition coefficient (Wildman–Crippen LogP) is 3.95. The van der Waals surface area contributed by atoms with Gasteiger partial charge in [-0.05, 0) is 63.3 Å². The molecule has 1 aliphatic carbocycles. The minimum atomic E-state index is 0.635. The summed E-state index contributed by atoms with van der Waals surface area (Å²) < 4.78 is 5.65. The minimum absolute atomic E-state index is 0.635. The molecule has 0 bridgehead atoms. The van der Waals surface area contributed by atoms with Crippen LogP contribution in [0, 0.1) is 13.8 Å². The lowest BCUT2D eigenvalue weighted by Crippen LogP contribution is -2.26. The zero-order valence-electron chi connectivity index (χ0n) is 12.8. The molecule has 0 spiro atoms. The molecular formula is C17H27NO. The van der Waals surface area contributed by atoms with E-state index in [0.29, 0.717) is 12.0 Å². The molecule has 2 nitrogen and oxygen atoms in total. The van der Waals surface area contributed by atoms with E-state index in [1.165, 1.54) is 48.8 Å². The van der Waals surface area contributed by atoms with Crippen LogP contribution in [0.2, 0.25) is 0 Å². The van der Waals surface area contributed by atoms with Crippen molar-refractivity contribution in [1.29, 1.82) is 0 Å². The van der Waals surface area contributed by atoms with Crippen LogP contribution in [0.3, 0.4) is 0 Å². The van der Waals surface area contributed by atoms with E-state index in [4.69, 9.17) is 4.74 Å². The van der Waals surface area contributed by atoms with Crippen molar-refractivity contribution in [3.63, 3.8) is 0 Å². The quantitative estimate of drug-likeness (QED) is 0.832. The van der Waals surface area contributed by atoms with E-state index in [2.05, 4.69) is 38.3 Å². The van der Waals surface area contributed by atoms with Crippen LogP contribution in [-0.2, 0) is 0 Å². The van der Waals surface area contributed by atoms with Crippen LogP contribution < -0.4 is 10.1 Å². The molecule has 0 saturated heterocycles. The van der Waals surface area contributed by atoms with Gasteiger partial charge in [-0.15, -0.1) is 0 Å². The van der Waals surface area contributed by atoms with Crippen molar-refractivity contribution in [2.45, 2.75) is 57.9 Å². The van der Waals surface area contributed by atoms with Crippen LogP contribution >= 0.6 is 0 Å². The number of benzene rings is 1. The summed E-state index contributed by atoms with van der Waals surface area (Å²) >= 11 is 0. The molecule has 2 atom stereocenters. The van der Waals surface area contributed by atoms with Crippen molar-refractivity contribution in [1.82, 2.24) is 5.32 Å².